The van der Waals surface area contributed by atoms with Gasteiger partial charge in [-0.1, -0.05) is 17.9 Å². The highest BCUT2D eigenvalue weighted by Gasteiger charge is 2.13. The molecule has 1 amide bonds. The van der Waals surface area contributed by atoms with Gasteiger partial charge in [0.2, 0.25) is 12.7 Å². The van der Waals surface area contributed by atoms with Gasteiger partial charge in [0.05, 0.1) is 6.54 Å². The minimum Gasteiger partial charge on any atom is -0.481 e. The van der Waals surface area contributed by atoms with E-state index in [1.165, 1.54) is 6.08 Å². The van der Waals surface area contributed by atoms with Crippen molar-refractivity contribution in [2.24, 2.45) is 0 Å². The maximum Gasteiger partial charge on any atom is 0.244 e. The van der Waals surface area contributed by atoms with Gasteiger partial charge in [0.1, 0.15) is 12.4 Å². The maximum atomic E-state index is 11.1. The summed E-state index contributed by atoms with van der Waals surface area (Å²) >= 11 is 0. The highest BCUT2D eigenvalue weighted by Crippen LogP contribution is 2.34. The lowest BCUT2D eigenvalue weighted by molar-refractivity contribution is -0.116. The molecule has 1 heterocycles. The van der Waals surface area contributed by atoms with E-state index < -0.39 is 0 Å². The number of ether oxygens (including phenoxy) is 3. The molecular formula is C15H15NO4. The Labute approximate surface area is 117 Å². The summed E-state index contributed by atoms with van der Waals surface area (Å²) in [4.78, 5) is 11.1. The Morgan fingerprint density at radius 1 is 1.40 bits per heavy atom. The largest absolute Gasteiger partial charge is 0.481 e. The van der Waals surface area contributed by atoms with Crippen LogP contribution in [0.2, 0.25) is 0 Å². The molecule has 1 aliphatic heterocycles. The van der Waals surface area contributed by atoms with Crippen molar-refractivity contribution in [2.75, 3.05) is 19.9 Å². The Morgan fingerprint density at radius 3 is 3.10 bits per heavy atom. The van der Waals surface area contributed by atoms with Crippen LogP contribution in [-0.4, -0.2) is 25.9 Å². The van der Waals surface area contributed by atoms with Crippen LogP contribution in [0.25, 0.3) is 0 Å². The molecule has 1 N–H and O–H groups in total. The standard InChI is InChI=1S/C15H15NO4/c1-2-5-15(17)16-8-3-4-9-18-12-6-7-13-14(10-12)20-11-19-13/h2,5-7,10H,8-9,11H2,1H3,(H,16,17)/b5-2+. The van der Waals surface area contributed by atoms with Crippen molar-refractivity contribution in [1.82, 2.24) is 5.32 Å². The third kappa shape index (κ3) is 3.95. The minimum absolute atomic E-state index is 0.154. The number of amides is 1. The number of hydrogen-bond acceptors (Lipinski definition) is 4. The van der Waals surface area contributed by atoms with Gasteiger partial charge in [0.25, 0.3) is 0 Å². The Kier molecular flexibility index (Phi) is 4.90. The molecule has 0 fully saturated rings. The average molecular weight is 273 g/mol. The van der Waals surface area contributed by atoms with Gasteiger partial charge in [-0.05, 0) is 25.1 Å². The highest BCUT2D eigenvalue weighted by atomic mass is 16.7. The molecule has 0 atom stereocenters. The third-order valence-corrected chi connectivity index (χ3v) is 2.45. The van der Waals surface area contributed by atoms with Crippen LogP contribution >= 0.6 is 0 Å². The maximum absolute atomic E-state index is 11.1. The van der Waals surface area contributed by atoms with Gasteiger partial charge in [-0.15, -0.1) is 0 Å². The van der Waals surface area contributed by atoms with Gasteiger partial charge in [-0.2, -0.15) is 0 Å². The summed E-state index contributed by atoms with van der Waals surface area (Å²) in [5, 5.41) is 2.62. The fraction of sp³-hybridized carbons (Fsp3) is 0.267. The van der Waals surface area contributed by atoms with E-state index in [-0.39, 0.29) is 19.3 Å². The first-order valence-electron chi connectivity index (χ1n) is 6.18. The number of fused-ring (bicyclic) bond motifs is 1. The predicted octanol–water partition coefficient (Wildman–Crippen LogP) is 1.49. The van der Waals surface area contributed by atoms with E-state index in [9.17, 15) is 4.79 Å². The zero-order chi connectivity index (χ0) is 14.2. The van der Waals surface area contributed by atoms with E-state index in [1.54, 1.807) is 31.2 Å². The second-order valence-electron chi connectivity index (χ2n) is 3.88. The Hall–Kier alpha value is -2.61. The van der Waals surface area contributed by atoms with Crippen LogP contribution in [0.3, 0.4) is 0 Å². The number of benzene rings is 1. The van der Waals surface area contributed by atoms with E-state index in [4.69, 9.17) is 14.2 Å². The molecule has 1 aliphatic rings. The fourth-order valence-corrected chi connectivity index (χ4v) is 1.54. The predicted molar refractivity (Wildman–Crippen MR) is 73.7 cm³/mol. The Morgan fingerprint density at radius 2 is 2.25 bits per heavy atom. The first kappa shape index (κ1) is 13.8. The van der Waals surface area contributed by atoms with Crippen LogP contribution in [0.4, 0.5) is 0 Å². The lowest BCUT2D eigenvalue weighted by atomic mass is 10.3. The molecule has 104 valence electrons. The van der Waals surface area contributed by atoms with E-state index >= 15 is 0 Å². The quantitative estimate of drug-likeness (QED) is 0.667. The van der Waals surface area contributed by atoms with Gasteiger partial charge < -0.3 is 19.5 Å². The zero-order valence-electron chi connectivity index (χ0n) is 11.1. The zero-order valence-corrected chi connectivity index (χ0v) is 11.1. The summed E-state index contributed by atoms with van der Waals surface area (Å²) < 4.78 is 15.9. The van der Waals surface area contributed by atoms with Crippen LogP contribution in [0, 0.1) is 11.8 Å². The van der Waals surface area contributed by atoms with Crippen LogP contribution in [0.1, 0.15) is 6.92 Å². The molecule has 0 radical (unpaired) electrons. The van der Waals surface area contributed by atoms with Crippen LogP contribution in [0.15, 0.2) is 30.4 Å². The van der Waals surface area contributed by atoms with Crippen LogP contribution < -0.4 is 19.5 Å². The van der Waals surface area contributed by atoms with E-state index in [0.717, 1.165) is 5.75 Å². The van der Waals surface area contributed by atoms with Gasteiger partial charge in [-0.3, -0.25) is 4.79 Å². The molecule has 0 bridgehead atoms. The van der Waals surface area contributed by atoms with Crippen molar-refractivity contribution in [3.05, 3.63) is 30.4 Å². The fourth-order valence-electron chi connectivity index (χ4n) is 1.54. The van der Waals surface area contributed by atoms with Gasteiger partial charge in [-0.25, -0.2) is 0 Å². The number of carbonyl (C=O) groups is 1. The highest BCUT2D eigenvalue weighted by molar-refractivity contribution is 5.87. The van der Waals surface area contributed by atoms with Crippen molar-refractivity contribution in [2.45, 2.75) is 6.92 Å². The molecule has 5 heteroatoms. The third-order valence-electron chi connectivity index (χ3n) is 2.45. The first-order valence-corrected chi connectivity index (χ1v) is 6.18. The number of carbonyl (C=O) groups excluding carboxylic acids is 1. The van der Waals surface area contributed by atoms with E-state index in [0.29, 0.717) is 18.0 Å². The molecule has 20 heavy (non-hydrogen) atoms. The van der Waals surface area contributed by atoms with Crippen molar-refractivity contribution in [1.29, 1.82) is 0 Å². The summed E-state index contributed by atoms with van der Waals surface area (Å²) in [6.45, 7) is 2.57. The second kappa shape index (κ2) is 7.10. The van der Waals surface area contributed by atoms with Crippen molar-refractivity contribution in [3.63, 3.8) is 0 Å². The van der Waals surface area contributed by atoms with E-state index in [2.05, 4.69) is 17.2 Å². The lowest BCUT2D eigenvalue weighted by Crippen LogP contribution is -2.21. The monoisotopic (exact) mass is 273 g/mol. The van der Waals surface area contributed by atoms with Crippen molar-refractivity contribution >= 4 is 5.91 Å². The number of nitrogens with one attached hydrogen (secondary N) is 1. The van der Waals surface area contributed by atoms with Crippen molar-refractivity contribution in [3.8, 4) is 29.1 Å². The molecule has 0 saturated carbocycles. The Bertz CT molecular complexity index is 569. The summed E-state index contributed by atoms with van der Waals surface area (Å²) in [5.74, 6) is 7.52. The summed E-state index contributed by atoms with van der Waals surface area (Å²) in [7, 11) is 0. The van der Waals surface area contributed by atoms with Gasteiger partial charge >= 0.3 is 0 Å². The first-order chi connectivity index (χ1) is 9.79. The molecule has 0 unspecified atom stereocenters. The Balaban J connectivity index is 1.72. The molecule has 0 spiro atoms. The van der Waals surface area contributed by atoms with Gasteiger partial charge in [0.15, 0.2) is 11.5 Å². The summed E-state index contributed by atoms with van der Waals surface area (Å²) in [6.07, 6.45) is 3.12. The van der Waals surface area contributed by atoms with Crippen molar-refractivity contribution < 1.29 is 19.0 Å². The number of hydrogen-bond donors (Lipinski definition) is 1. The molecular weight excluding hydrogens is 258 g/mol. The number of rotatable bonds is 4. The molecule has 1 aromatic carbocycles. The van der Waals surface area contributed by atoms with Gasteiger partial charge in [0, 0.05) is 6.07 Å². The normalized spacial score (nSPS) is 11.8. The molecule has 5 nitrogen and oxygen atoms in total. The topological polar surface area (TPSA) is 56.8 Å². The average Bonchev–Trinajstić information content (AvgIpc) is 2.90. The second-order valence-corrected chi connectivity index (χ2v) is 3.88. The molecule has 1 aromatic rings. The summed E-state index contributed by atoms with van der Waals surface area (Å²) in [5.41, 5.74) is 0. The molecule has 0 aromatic heterocycles. The molecule has 0 aliphatic carbocycles. The minimum atomic E-state index is -0.154. The SMILES string of the molecule is C/C=C/C(=O)NCC#CCOc1ccc2c(c1)OCO2. The van der Waals surface area contributed by atoms with Crippen LogP contribution in [-0.2, 0) is 4.79 Å². The number of allylic oxidation sites excluding steroid dienone is 1. The molecule has 2 rings (SSSR count). The van der Waals surface area contributed by atoms with E-state index in [1.807, 2.05) is 0 Å². The lowest BCUT2D eigenvalue weighted by Gasteiger charge is -2.02. The smallest absolute Gasteiger partial charge is 0.244 e. The molecule has 0 saturated heterocycles. The summed E-state index contributed by atoms with van der Waals surface area (Å²) in [6, 6.07) is 5.35. The van der Waals surface area contributed by atoms with Crippen LogP contribution in [0.5, 0.6) is 17.2 Å².